The second-order valence-corrected chi connectivity index (χ2v) is 8.01. The number of thioether (sulfide) groups is 1. The first-order valence-corrected chi connectivity index (χ1v) is 10.00. The highest BCUT2D eigenvalue weighted by atomic mass is 32.2. The second-order valence-electron chi connectivity index (χ2n) is 5.24. The first-order valence-electron chi connectivity index (χ1n) is 7.29. The predicted molar refractivity (Wildman–Crippen MR) is 96.7 cm³/mol. The molecule has 0 aliphatic heterocycles. The molecule has 0 radical (unpaired) electrons. The Hall–Kier alpha value is -1.83. The van der Waals surface area contributed by atoms with Gasteiger partial charge in [-0.2, -0.15) is 0 Å². The van der Waals surface area contributed by atoms with Crippen molar-refractivity contribution in [1.29, 1.82) is 0 Å². The Labute approximate surface area is 147 Å². The van der Waals surface area contributed by atoms with E-state index < -0.39 is 10.0 Å². The van der Waals surface area contributed by atoms with Gasteiger partial charge in [0.15, 0.2) is 0 Å². The smallest absolute Gasteiger partial charge is 0.253 e. The van der Waals surface area contributed by atoms with E-state index in [0.29, 0.717) is 12.1 Å². The summed E-state index contributed by atoms with van der Waals surface area (Å²) in [6, 6.07) is 14.0. The van der Waals surface area contributed by atoms with Gasteiger partial charge in [0.2, 0.25) is 10.0 Å². The molecule has 2 aromatic rings. The molecule has 0 unspecified atom stereocenters. The molecule has 1 N–H and O–H groups in total. The number of nitrogens with one attached hydrogen (secondary N) is 1. The molecule has 1 amide bonds. The molecule has 0 spiro atoms. The highest BCUT2D eigenvalue weighted by Gasteiger charge is 2.15. The normalized spacial score (nSPS) is 11.3. The van der Waals surface area contributed by atoms with E-state index in [1.807, 2.05) is 30.5 Å². The lowest BCUT2D eigenvalue weighted by molar-refractivity contribution is 0.0785. The summed E-state index contributed by atoms with van der Waals surface area (Å²) in [6.07, 6.45) is 2.02. The van der Waals surface area contributed by atoms with E-state index in [4.69, 9.17) is 0 Å². The number of amides is 1. The van der Waals surface area contributed by atoms with Gasteiger partial charge >= 0.3 is 0 Å². The van der Waals surface area contributed by atoms with Crippen LogP contribution in [0.15, 0.2) is 58.3 Å². The molecule has 24 heavy (non-hydrogen) atoms. The average Bonchev–Trinajstić information content (AvgIpc) is 2.61. The van der Waals surface area contributed by atoms with Crippen LogP contribution in [0.5, 0.6) is 0 Å². The first kappa shape index (κ1) is 18.5. The van der Waals surface area contributed by atoms with Crippen LogP contribution in [0.4, 0.5) is 0 Å². The van der Waals surface area contributed by atoms with E-state index >= 15 is 0 Å². The first-order chi connectivity index (χ1) is 11.4. The van der Waals surface area contributed by atoms with Crippen LogP contribution in [0.25, 0.3) is 0 Å². The zero-order valence-corrected chi connectivity index (χ0v) is 15.4. The zero-order chi connectivity index (χ0) is 17.7. The zero-order valence-electron chi connectivity index (χ0n) is 13.8. The van der Waals surface area contributed by atoms with E-state index in [2.05, 4.69) is 4.72 Å². The highest BCUT2D eigenvalue weighted by molar-refractivity contribution is 7.98. The number of nitrogens with zero attached hydrogens (tertiary/aromatic N) is 1. The van der Waals surface area contributed by atoms with Gasteiger partial charge in [-0.05, 0) is 55.3 Å². The molecule has 2 rings (SSSR count). The molecule has 0 saturated carbocycles. The van der Waals surface area contributed by atoms with E-state index in [0.717, 1.165) is 5.56 Å². The van der Waals surface area contributed by atoms with Crippen molar-refractivity contribution >= 4 is 27.7 Å². The molecule has 0 atom stereocenters. The van der Waals surface area contributed by atoms with Crippen LogP contribution in [-0.4, -0.2) is 39.6 Å². The summed E-state index contributed by atoms with van der Waals surface area (Å²) in [4.78, 5) is 15.4. The maximum absolute atomic E-state index is 12.5. The Morgan fingerprint density at radius 2 is 1.67 bits per heavy atom. The SMILES string of the molecule is CNS(=O)(=O)c1ccc(C(=O)N(C)Cc2ccc(SC)cc2)cc1. The van der Waals surface area contributed by atoms with Gasteiger partial charge < -0.3 is 4.90 Å². The Kier molecular flexibility index (Phi) is 6.04. The molecule has 0 bridgehead atoms. The maximum atomic E-state index is 12.5. The van der Waals surface area contributed by atoms with Gasteiger partial charge in [-0.25, -0.2) is 13.1 Å². The number of sulfonamides is 1. The fourth-order valence-electron chi connectivity index (χ4n) is 2.19. The van der Waals surface area contributed by atoms with Crippen LogP contribution in [0.2, 0.25) is 0 Å². The minimum Gasteiger partial charge on any atom is -0.337 e. The van der Waals surface area contributed by atoms with Crippen LogP contribution in [0, 0.1) is 0 Å². The fraction of sp³-hybridized carbons (Fsp3) is 0.235. The molecule has 128 valence electrons. The molecule has 0 heterocycles. The summed E-state index contributed by atoms with van der Waals surface area (Å²) < 4.78 is 25.6. The van der Waals surface area contributed by atoms with Crippen molar-refractivity contribution in [3.05, 3.63) is 59.7 Å². The summed E-state index contributed by atoms with van der Waals surface area (Å²) in [7, 11) is -0.416. The molecular formula is C17H20N2O3S2. The van der Waals surface area contributed by atoms with Crippen molar-refractivity contribution in [3.8, 4) is 0 Å². The molecule has 0 aromatic heterocycles. The minimum atomic E-state index is -3.49. The van der Waals surface area contributed by atoms with E-state index in [1.54, 1.807) is 23.7 Å². The van der Waals surface area contributed by atoms with Crippen LogP contribution >= 0.6 is 11.8 Å². The van der Waals surface area contributed by atoms with Crippen molar-refractivity contribution < 1.29 is 13.2 Å². The maximum Gasteiger partial charge on any atom is 0.253 e. The van der Waals surface area contributed by atoms with E-state index in [-0.39, 0.29) is 10.8 Å². The van der Waals surface area contributed by atoms with Gasteiger partial charge in [0.1, 0.15) is 0 Å². The summed E-state index contributed by atoms with van der Waals surface area (Å²) in [5.41, 5.74) is 1.49. The molecular weight excluding hydrogens is 344 g/mol. The standard InChI is InChI=1S/C17H20N2O3S2/c1-18-24(21,22)16-10-6-14(7-11-16)17(20)19(2)12-13-4-8-15(23-3)9-5-13/h4-11,18H,12H2,1-3H3. The lowest BCUT2D eigenvalue weighted by atomic mass is 10.1. The summed E-state index contributed by atoms with van der Waals surface area (Å²) in [5, 5.41) is 0. The molecule has 2 aromatic carbocycles. The van der Waals surface area contributed by atoms with Gasteiger partial charge in [-0.3, -0.25) is 4.79 Å². The Morgan fingerprint density at radius 1 is 1.08 bits per heavy atom. The quantitative estimate of drug-likeness (QED) is 0.800. The number of carbonyl (C=O) groups excluding carboxylic acids is 1. The predicted octanol–water partition coefficient (Wildman–Crippen LogP) is 2.59. The molecule has 7 heteroatoms. The summed E-state index contributed by atoms with van der Waals surface area (Å²) >= 11 is 1.67. The third-order valence-electron chi connectivity index (χ3n) is 3.61. The topological polar surface area (TPSA) is 66.5 Å². The van der Waals surface area contributed by atoms with Gasteiger partial charge in [0.25, 0.3) is 5.91 Å². The number of hydrogen-bond acceptors (Lipinski definition) is 4. The number of rotatable bonds is 6. The van der Waals surface area contributed by atoms with Crippen molar-refractivity contribution in [2.75, 3.05) is 20.4 Å². The van der Waals surface area contributed by atoms with Crippen molar-refractivity contribution in [3.63, 3.8) is 0 Å². The number of benzene rings is 2. The highest BCUT2D eigenvalue weighted by Crippen LogP contribution is 2.17. The molecule has 0 aliphatic carbocycles. The number of carbonyl (C=O) groups is 1. The van der Waals surface area contributed by atoms with Gasteiger partial charge in [-0.1, -0.05) is 12.1 Å². The van der Waals surface area contributed by atoms with Crippen LogP contribution < -0.4 is 4.72 Å². The largest absolute Gasteiger partial charge is 0.337 e. The van der Waals surface area contributed by atoms with Gasteiger partial charge in [0, 0.05) is 24.1 Å². The lowest BCUT2D eigenvalue weighted by Gasteiger charge is -2.17. The fourth-order valence-corrected chi connectivity index (χ4v) is 3.33. The van der Waals surface area contributed by atoms with E-state index in [9.17, 15) is 13.2 Å². The Bertz CT molecular complexity index is 801. The monoisotopic (exact) mass is 364 g/mol. The third kappa shape index (κ3) is 4.37. The molecule has 5 nitrogen and oxygen atoms in total. The van der Waals surface area contributed by atoms with Crippen LogP contribution in [-0.2, 0) is 16.6 Å². The average molecular weight is 364 g/mol. The lowest BCUT2D eigenvalue weighted by Crippen LogP contribution is -2.26. The summed E-state index contributed by atoms with van der Waals surface area (Å²) in [6.45, 7) is 0.490. The molecule has 0 fully saturated rings. The molecule has 0 aliphatic rings. The van der Waals surface area contributed by atoms with Gasteiger partial charge in [-0.15, -0.1) is 11.8 Å². The number of hydrogen-bond donors (Lipinski definition) is 1. The van der Waals surface area contributed by atoms with Gasteiger partial charge in [0.05, 0.1) is 4.90 Å². The second kappa shape index (κ2) is 7.83. The Morgan fingerprint density at radius 3 is 2.17 bits per heavy atom. The van der Waals surface area contributed by atoms with Crippen LogP contribution in [0.3, 0.4) is 0 Å². The third-order valence-corrected chi connectivity index (χ3v) is 5.78. The van der Waals surface area contributed by atoms with E-state index in [1.165, 1.54) is 36.2 Å². The minimum absolute atomic E-state index is 0.136. The summed E-state index contributed by atoms with van der Waals surface area (Å²) in [5.74, 6) is -0.155. The van der Waals surface area contributed by atoms with Crippen molar-refractivity contribution in [2.24, 2.45) is 0 Å². The van der Waals surface area contributed by atoms with Crippen molar-refractivity contribution in [2.45, 2.75) is 16.3 Å². The van der Waals surface area contributed by atoms with Crippen LogP contribution in [0.1, 0.15) is 15.9 Å². The molecule has 0 saturated heterocycles. The Balaban J connectivity index is 2.09. The van der Waals surface area contributed by atoms with Crippen molar-refractivity contribution in [1.82, 2.24) is 9.62 Å².